The van der Waals surface area contributed by atoms with E-state index in [1.165, 1.54) is 0 Å². The number of hydrogen-bond donors (Lipinski definition) is 1. The first-order valence-corrected chi connectivity index (χ1v) is 6.84. The van der Waals surface area contributed by atoms with Crippen LogP contribution in [0.4, 0.5) is 0 Å². The van der Waals surface area contributed by atoms with Crippen LogP contribution >= 0.6 is 0 Å². The van der Waals surface area contributed by atoms with Crippen molar-refractivity contribution in [3.63, 3.8) is 0 Å². The average molecular weight is 266 g/mol. The highest BCUT2D eigenvalue weighted by Gasteiger charge is 2.09. The van der Waals surface area contributed by atoms with E-state index in [4.69, 9.17) is 4.74 Å². The largest absolute Gasteiger partial charge is 0.380 e. The Morgan fingerprint density at radius 1 is 1.42 bits per heavy atom. The Labute approximate surface area is 116 Å². The molecule has 0 aromatic carbocycles. The van der Waals surface area contributed by atoms with Gasteiger partial charge in [-0.15, -0.1) is 11.7 Å². The molecular formula is C14H26N4O. The second kappa shape index (κ2) is 8.07. The highest BCUT2D eigenvalue weighted by Crippen LogP contribution is 2.01. The van der Waals surface area contributed by atoms with Gasteiger partial charge in [0.05, 0.1) is 18.8 Å². The zero-order valence-corrected chi connectivity index (χ0v) is 12.4. The smallest absolute Gasteiger partial charge is 0.0965 e. The van der Waals surface area contributed by atoms with Gasteiger partial charge >= 0.3 is 0 Å². The van der Waals surface area contributed by atoms with Gasteiger partial charge in [-0.1, -0.05) is 11.3 Å². The summed E-state index contributed by atoms with van der Waals surface area (Å²) in [5, 5.41) is 11.6. The summed E-state index contributed by atoms with van der Waals surface area (Å²) in [5.74, 6) is 0. The maximum atomic E-state index is 5.51. The van der Waals surface area contributed by atoms with Crippen molar-refractivity contribution < 1.29 is 4.74 Å². The zero-order chi connectivity index (χ0) is 14.1. The Morgan fingerprint density at radius 2 is 2.21 bits per heavy atom. The summed E-state index contributed by atoms with van der Waals surface area (Å²) in [5.41, 5.74) is 1.06. The first-order chi connectivity index (χ1) is 9.01. The van der Waals surface area contributed by atoms with E-state index in [1.807, 2.05) is 17.0 Å². The Balaban J connectivity index is 2.18. The van der Waals surface area contributed by atoms with Crippen LogP contribution in [0.25, 0.3) is 0 Å². The molecule has 0 spiro atoms. The fourth-order valence-electron chi connectivity index (χ4n) is 1.47. The maximum Gasteiger partial charge on any atom is 0.0965 e. The first-order valence-electron chi connectivity index (χ1n) is 6.84. The molecule has 0 saturated carbocycles. The molecule has 1 rings (SSSR count). The molecule has 0 aliphatic rings. The number of aromatic nitrogens is 3. The molecule has 108 valence electrons. The van der Waals surface area contributed by atoms with E-state index in [9.17, 15) is 0 Å². The van der Waals surface area contributed by atoms with E-state index in [1.54, 1.807) is 0 Å². The Bertz CT molecular complexity index is 368. The molecule has 0 amide bonds. The van der Waals surface area contributed by atoms with Crippen molar-refractivity contribution >= 4 is 0 Å². The molecule has 0 fully saturated rings. The van der Waals surface area contributed by atoms with E-state index in [2.05, 4.69) is 43.0 Å². The molecule has 0 aliphatic carbocycles. The molecule has 0 saturated heterocycles. The minimum atomic E-state index is 0.0953. The van der Waals surface area contributed by atoms with Crippen LogP contribution in [0.2, 0.25) is 0 Å². The van der Waals surface area contributed by atoms with Crippen molar-refractivity contribution in [3.8, 4) is 0 Å². The summed E-state index contributed by atoms with van der Waals surface area (Å²) >= 11 is 0. The van der Waals surface area contributed by atoms with Crippen molar-refractivity contribution in [2.75, 3.05) is 13.2 Å². The highest BCUT2D eigenvalue weighted by molar-refractivity contribution is 4.92. The molecule has 0 atom stereocenters. The van der Waals surface area contributed by atoms with Crippen molar-refractivity contribution in [2.24, 2.45) is 0 Å². The van der Waals surface area contributed by atoms with Gasteiger partial charge in [0.1, 0.15) is 0 Å². The lowest BCUT2D eigenvalue weighted by Gasteiger charge is -2.19. The SMILES string of the molecule is C=CCCCOCCn1cc(CNC(C)(C)C)nn1. The molecule has 1 aromatic rings. The second-order valence-corrected chi connectivity index (χ2v) is 5.62. The molecule has 5 nitrogen and oxygen atoms in total. The van der Waals surface area contributed by atoms with Crippen molar-refractivity contribution in [3.05, 3.63) is 24.5 Å². The molecule has 0 aliphatic heterocycles. The summed E-state index contributed by atoms with van der Waals surface area (Å²) < 4.78 is 7.34. The highest BCUT2D eigenvalue weighted by atomic mass is 16.5. The minimum Gasteiger partial charge on any atom is -0.380 e. The summed E-state index contributed by atoms with van der Waals surface area (Å²) in [6.07, 6.45) is 5.91. The van der Waals surface area contributed by atoms with Crippen LogP contribution in [-0.2, 0) is 17.8 Å². The quantitative estimate of drug-likeness (QED) is 0.549. The predicted molar refractivity (Wildman–Crippen MR) is 76.9 cm³/mol. The third-order valence-corrected chi connectivity index (χ3v) is 2.55. The lowest BCUT2D eigenvalue weighted by Crippen LogP contribution is -2.35. The van der Waals surface area contributed by atoms with E-state index in [0.29, 0.717) is 6.61 Å². The van der Waals surface area contributed by atoms with Crippen molar-refractivity contribution in [2.45, 2.75) is 52.2 Å². The van der Waals surface area contributed by atoms with Gasteiger partial charge < -0.3 is 10.1 Å². The fraction of sp³-hybridized carbons (Fsp3) is 0.714. The zero-order valence-electron chi connectivity index (χ0n) is 12.4. The predicted octanol–water partition coefficient (Wildman–Crippen LogP) is 2.15. The van der Waals surface area contributed by atoms with Crippen molar-refractivity contribution in [1.82, 2.24) is 20.3 Å². The number of unbranched alkanes of at least 4 members (excludes halogenated alkanes) is 1. The average Bonchev–Trinajstić information content (AvgIpc) is 2.78. The normalized spacial score (nSPS) is 11.7. The van der Waals surface area contributed by atoms with Gasteiger partial charge in [-0.25, -0.2) is 4.68 Å². The van der Waals surface area contributed by atoms with Crippen LogP contribution in [0.3, 0.4) is 0 Å². The second-order valence-electron chi connectivity index (χ2n) is 5.62. The lowest BCUT2D eigenvalue weighted by atomic mass is 10.1. The number of nitrogens with zero attached hydrogens (tertiary/aromatic N) is 3. The van der Waals surface area contributed by atoms with Gasteiger partial charge in [0, 0.05) is 24.9 Å². The lowest BCUT2D eigenvalue weighted by molar-refractivity contribution is 0.121. The van der Waals surface area contributed by atoms with E-state index >= 15 is 0 Å². The fourth-order valence-corrected chi connectivity index (χ4v) is 1.47. The van der Waals surface area contributed by atoms with Gasteiger partial charge in [0.2, 0.25) is 0 Å². The minimum absolute atomic E-state index is 0.0953. The molecule has 0 bridgehead atoms. The molecule has 0 unspecified atom stereocenters. The third-order valence-electron chi connectivity index (χ3n) is 2.55. The van der Waals surface area contributed by atoms with Crippen LogP contribution in [0.1, 0.15) is 39.3 Å². The number of nitrogens with one attached hydrogen (secondary N) is 1. The van der Waals surface area contributed by atoms with E-state index in [-0.39, 0.29) is 5.54 Å². The first kappa shape index (κ1) is 15.9. The summed E-state index contributed by atoms with van der Waals surface area (Å²) in [6, 6.07) is 0. The summed E-state index contributed by atoms with van der Waals surface area (Å²) in [4.78, 5) is 0. The molecular weight excluding hydrogens is 240 g/mol. The van der Waals surface area contributed by atoms with Gasteiger partial charge in [0.25, 0.3) is 0 Å². The van der Waals surface area contributed by atoms with Gasteiger partial charge in [-0.3, -0.25) is 0 Å². The number of hydrogen-bond acceptors (Lipinski definition) is 4. The molecule has 19 heavy (non-hydrogen) atoms. The van der Waals surface area contributed by atoms with Gasteiger partial charge in [-0.05, 0) is 33.6 Å². The van der Waals surface area contributed by atoms with Crippen LogP contribution in [0, 0.1) is 0 Å². The van der Waals surface area contributed by atoms with Gasteiger partial charge in [-0.2, -0.15) is 0 Å². The van der Waals surface area contributed by atoms with E-state index < -0.39 is 0 Å². The number of rotatable bonds is 9. The monoisotopic (exact) mass is 266 g/mol. The molecule has 1 heterocycles. The molecule has 0 radical (unpaired) electrons. The van der Waals surface area contributed by atoms with Crippen LogP contribution in [0.15, 0.2) is 18.9 Å². The molecule has 5 heteroatoms. The third kappa shape index (κ3) is 7.74. The van der Waals surface area contributed by atoms with Gasteiger partial charge in [0.15, 0.2) is 0 Å². The number of ether oxygens (including phenoxy) is 1. The number of allylic oxidation sites excluding steroid dienone is 1. The van der Waals surface area contributed by atoms with Crippen LogP contribution < -0.4 is 5.32 Å². The van der Waals surface area contributed by atoms with Crippen molar-refractivity contribution in [1.29, 1.82) is 0 Å². The van der Waals surface area contributed by atoms with Crippen LogP contribution in [0.5, 0.6) is 0 Å². The Morgan fingerprint density at radius 3 is 2.89 bits per heavy atom. The van der Waals surface area contributed by atoms with Crippen LogP contribution in [-0.4, -0.2) is 33.7 Å². The summed E-state index contributed by atoms with van der Waals surface area (Å²) in [6.45, 7) is 13.0. The molecule has 1 aromatic heterocycles. The Hall–Kier alpha value is -1.20. The van der Waals surface area contributed by atoms with E-state index in [0.717, 1.165) is 38.2 Å². The Kier molecular flexibility index (Phi) is 6.73. The molecule has 1 N–H and O–H groups in total. The standard InChI is InChI=1S/C14H26N4O/c1-5-6-7-9-19-10-8-18-12-13(16-17-18)11-15-14(2,3)4/h5,12,15H,1,6-11H2,2-4H3. The maximum absolute atomic E-state index is 5.51. The summed E-state index contributed by atoms with van der Waals surface area (Å²) in [7, 11) is 0. The topological polar surface area (TPSA) is 52.0 Å².